The van der Waals surface area contributed by atoms with Crippen LogP contribution in [-0.2, 0) is 22.8 Å². The van der Waals surface area contributed by atoms with Gasteiger partial charge < -0.3 is 9.88 Å². The summed E-state index contributed by atoms with van der Waals surface area (Å²) < 4.78 is 15.0. The van der Waals surface area contributed by atoms with Crippen molar-refractivity contribution in [3.63, 3.8) is 0 Å². The van der Waals surface area contributed by atoms with Gasteiger partial charge in [-0.15, -0.1) is 28.5 Å². The number of hydrogen-bond acceptors (Lipinski definition) is 5. The van der Waals surface area contributed by atoms with Crippen molar-refractivity contribution >= 4 is 45.9 Å². The van der Waals surface area contributed by atoms with E-state index in [1.165, 1.54) is 23.9 Å². The first-order valence-corrected chi connectivity index (χ1v) is 12.5. The van der Waals surface area contributed by atoms with Gasteiger partial charge in [-0.25, -0.2) is 4.39 Å². The van der Waals surface area contributed by atoms with E-state index in [-0.39, 0.29) is 17.5 Å². The van der Waals surface area contributed by atoms with Gasteiger partial charge >= 0.3 is 0 Å². The van der Waals surface area contributed by atoms with Crippen LogP contribution >= 0.6 is 23.5 Å². The van der Waals surface area contributed by atoms with Crippen molar-refractivity contribution in [2.45, 2.75) is 23.2 Å². The number of anilines is 1. The van der Waals surface area contributed by atoms with E-state index < -0.39 is 0 Å². The predicted octanol–water partition coefficient (Wildman–Crippen LogP) is 5.92. The maximum absolute atomic E-state index is 13.1. The van der Waals surface area contributed by atoms with Crippen molar-refractivity contribution in [3.05, 3.63) is 96.6 Å². The first kappa shape index (κ1) is 23.1. The molecule has 0 fully saturated rings. The fourth-order valence-electron chi connectivity index (χ4n) is 3.28. The number of allylic oxidation sites excluding steroid dienone is 1. The van der Waals surface area contributed by atoms with Gasteiger partial charge in [-0.05, 0) is 40.6 Å². The first-order chi connectivity index (χ1) is 16.1. The zero-order valence-electron chi connectivity index (χ0n) is 17.9. The highest BCUT2D eigenvalue weighted by molar-refractivity contribution is 7.99. The zero-order chi connectivity index (χ0) is 23.0. The van der Waals surface area contributed by atoms with Crippen LogP contribution < -0.4 is 5.32 Å². The van der Waals surface area contributed by atoms with Gasteiger partial charge in [0, 0.05) is 18.0 Å². The Balaban J connectivity index is 1.33. The van der Waals surface area contributed by atoms with Crippen LogP contribution in [-0.4, -0.2) is 26.4 Å². The average Bonchev–Trinajstić information content (AvgIpc) is 3.20. The number of halogens is 1. The van der Waals surface area contributed by atoms with Gasteiger partial charge in [0.1, 0.15) is 11.6 Å². The second-order valence-electron chi connectivity index (χ2n) is 7.32. The topological polar surface area (TPSA) is 59.8 Å². The first-order valence-electron chi connectivity index (χ1n) is 10.4. The van der Waals surface area contributed by atoms with Crippen LogP contribution in [0.2, 0.25) is 0 Å². The summed E-state index contributed by atoms with van der Waals surface area (Å²) in [4.78, 5) is 12.5. The number of hydrogen-bond donors (Lipinski definition) is 1. The SMILES string of the molecule is C=CCn1c(CSCc2ccc(F)cc2)nnc1SCC(=O)Nc1ccc2ccccc2c1. The summed E-state index contributed by atoms with van der Waals surface area (Å²) in [5.74, 6) is 2.11. The molecular formula is C25H23FN4OS2. The predicted molar refractivity (Wildman–Crippen MR) is 135 cm³/mol. The van der Waals surface area contributed by atoms with E-state index in [0.717, 1.165) is 33.6 Å². The fraction of sp³-hybridized carbons (Fsp3) is 0.160. The normalized spacial score (nSPS) is 10.9. The summed E-state index contributed by atoms with van der Waals surface area (Å²) in [5, 5.41) is 14.4. The van der Waals surface area contributed by atoms with Gasteiger partial charge in [-0.3, -0.25) is 4.79 Å². The van der Waals surface area contributed by atoms with Crippen molar-refractivity contribution in [2.24, 2.45) is 0 Å². The van der Waals surface area contributed by atoms with E-state index in [4.69, 9.17) is 0 Å². The largest absolute Gasteiger partial charge is 0.325 e. The summed E-state index contributed by atoms with van der Waals surface area (Å²) in [6.07, 6.45) is 1.79. The van der Waals surface area contributed by atoms with Gasteiger partial charge in [-0.1, -0.05) is 60.3 Å². The van der Waals surface area contributed by atoms with Gasteiger partial charge in [0.25, 0.3) is 0 Å². The number of benzene rings is 3. The van der Waals surface area contributed by atoms with E-state index >= 15 is 0 Å². The summed E-state index contributed by atoms with van der Waals surface area (Å²) in [7, 11) is 0. The minimum Gasteiger partial charge on any atom is -0.325 e. The number of rotatable bonds is 10. The lowest BCUT2D eigenvalue weighted by Gasteiger charge is -2.09. The molecule has 0 aliphatic rings. The molecule has 3 aromatic carbocycles. The molecular weight excluding hydrogens is 455 g/mol. The third-order valence-electron chi connectivity index (χ3n) is 4.88. The second kappa shape index (κ2) is 11.2. The molecule has 0 saturated heterocycles. The Morgan fingerprint density at radius 3 is 2.61 bits per heavy atom. The highest BCUT2D eigenvalue weighted by Crippen LogP contribution is 2.23. The summed E-state index contributed by atoms with van der Waals surface area (Å²) >= 11 is 3.03. The Labute approximate surface area is 200 Å². The molecule has 0 atom stereocenters. The third-order valence-corrected chi connectivity index (χ3v) is 6.85. The minimum atomic E-state index is -0.235. The number of thioether (sulfide) groups is 2. The number of fused-ring (bicyclic) bond motifs is 1. The molecule has 4 aromatic rings. The lowest BCUT2D eigenvalue weighted by atomic mass is 10.1. The number of carbonyl (C=O) groups is 1. The standard InChI is InChI=1S/C25H23FN4OS2/c1-2-13-30-23(16-32-15-18-7-10-21(26)11-8-18)28-29-25(30)33-17-24(31)27-22-12-9-19-5-3-4-6-20(19)14-22/h2-12,14H,1,13,15-17H2,(H,27,31). The smallest absolute Gasteiger partial charge is 0.234 e. The molecule has 168 valence electrons. The van der Waals surface area contributed by atoms with Crippen LogP contribution in [0.15, 0.2) is 84.5 Å². The molecule has 1 aromatic heterocycles. The maximum Gasteiger partial charge on any atom is 0.234 e. The van der Waals surface area contributed by atoms with Gasteiger partial charge in [0.15, 0.2) is 5.16 Å². The van der Waals surface area contributed by atoms with Crippen molar-refractivity contribution in [3.8, 4) is 0 Å². The summed E-state index contributed by atoms with van der Waals surface area (Å²) in [6, 6.07) is 20.4. The highest BCUT2D eigenvalue weighted by atomic mass is 32.2. The van der Waals surface area contributed by atoms with Crippen LogP contribution in [0.3, 0.4) is 0 Å². The van der Waals surface area contributed by atoms with E-state index in [9.17, 15) is 9.18 Å². The molecule has 0 bridgehead atoms. The Bertz CT molecular complexity index is 1260. The molecule has 33 heavy (non-hydrogen) atoms. The second-order valence-corrected chi connectivity index (χ2v) is 9.24. The van der Waals surface area contributed by atoms with Crippen LogP contribution in [0.5, 0.6) is 0 Å². The molecule has 1 N–H and O–H groups in total. The van der Waals surface area contributed by atoms with Gasteiger partial charge in [0.2, 0.25) is 5.91 Å². The van der Waals surface area contributed by atoms with Crippen LogP contribution in [0.25, 0.3) is 10.8 Å². The zero-order valence-corrected chi connectivity index (χ0v) is 19.5. The lowest BCUT2D eigenvalue weighted by Crippen LogP contribution is -2.14. The molecule has 0 saturated carbocycles. The molecule has 0 aliphatic heterocycles. The molecule has 0 aliphatic carbocycles. The minimum absolute atomic E-state index is 0.101. The van der Waals surface area contributed by atoms with Crippen molar-refractivity contribution in [1.29, 1.82) is 0 Å². The number of carbonyl (C=O) groups excluding carboxylic acids is 1. The number of nitrogens with one attached hydrogen (secondary N) is 1. The van der Waals surface area contributed by atoms with E-state index in [1.54, 1.807) is 30.0 Å². The van der Waals surface area contributed by atoms with Crippen molar-refractivity contribution in [1.82, 2.24) is 14.8 Å². The van der Waals surface area contributed by atoms with Crippen LogP contribution in [0.4, 0.5) is 10.1 Å². The summed E-state index contributed by atoms with van der Waals surface area (Å²) in [6.45, 7) is 4.39. The number of amides is 1. The fourth-order valence-corrected chi connectivity index (χ4v) is 4.97. The molecule has 8 heteroatoms. The van der Waals surface area contributed by atoms with E-state index in [1.807, 2.05) is 47.0 Å². The van der Waals surface area contributed by atoms with Gasteiger partial charge in [-0.2, -0.15) is 0 Å². The van der Waals surface area contributed by atoms with Gasteiger partial charge in [0.05, 0.1) is 11.5 Å². The number of aromatic nitrogens is 3. The molecule has 0 unspecified atom stereocenters. The Hall–Kier alpha value is -3.10. The highest BCUT2D eigenvalue weighted by Gasteiger charge is 2.14. The molecule has 0 spiro atoms. The Kier molecular flexibility index (Phi) is 7.80. The average molecular weight is 479 g/mol. The van der Waals surface area contributed by atoms with Crippen molar-refractivity contribution in [2.75, 3.05) is 11.1 Å². The summed E-state index contributed by atoms with van der Waals surface area (Å²) in [5.41, 5.74) is 1.82. The van der Waals surface area contributed by atoms with E-state index in [2.05, 4.69) is 22.1 Å². The third kappa shape index (κ3) is 6.24. The molecule has 1 amide bonds. The quantitative estimate of drug-likeness (QED) is 0.226. The monoisotopic (exact) mass is 478 g/mol. The van der Waals surface area contributed by atoms with Crippen LogP contribution in [0.1, 0.15) is 11.4 Å². The van der Waals surface area contributed by atoms with Crippen LogP contribution in [0, 0.1) is 5.82 Å². The molecule has 0 radical (unpaired) electrons. The molecule has 4 rings (SSSR count). The lowest BCUT2D eigenvalue weighted by molar-refractivity contribution is -0.113. The van der Waals surface area contributed by atoms with Crippen molar-refractivity contribution < 1.29 is 9.18 Å². The Morgan fingerprint density at radius 2 is 1.82 bits per heavy atom. The Morgan fingerprint density at radius 1 is 1.03 bits per heavy atom. The maximum atomic E-state index is 13.1. The molecule has 1 heterocycles. The molecule has 5 nitrogen and oxygen atoms in total. The number of nitrogens with zero attached hydrogens (tertiary/aromatic N) is 3. The van der Waals surface area contributed by atoms with E-state index in [0.29, 0.717) is 17.5 Å².